The minimum Gasteiger partial charge on any atom is -0.312 e. The first-order valence-corrected chi connectivity index (χ1v) is 14.6. The van der Waals surface area contributed by atoms with Crippen LogP contribution in [0.5, 0.6) is 0 Å². The van der Waals surface area contributed by atoms with Crippen LogP contribution in [0.3, 0.4) is 0 Å². The third kappa shape index (κ3) is 7.18. The number of rotatable bonds is 11. The Morgan fingerprint density at radius 3 is 2.21 bits per heavy atom. The number of nitrogens with one attached hydrogen (secondary N) is 3. The summed E-state index contributed by atoms with van der Waals surface area (Å²) in [6.07, 6.45) is 6.59. The Balaban J connectivity index is 1.63. The first kappa shape index (κ1) is 26.5. The quantitative estimate of drug-likeness (QED) is 0.425. The maximum absolute atomic E-state index is 13.0. The summed E-state index contributed by atoms with van der Waals surface area (Å²) in [6, 6.07) is 13.0. The van der Waals surface area contributed by atoms with Crippen molar-refractivity contribution >= 4 is 31.6 Å². The van der Waals surface area contributed by atoms with Gasteiger partial charge in [-0.1, -0.05) is 57.2 Å². The molecule has 1 fully saturated rings. The van der Waals surface area contributed by atoms with Gasteiger partial charge in [-0.3, -0.25) is 9.44 Å². The highest BCUT2D eigenvalue weighted by molar-refractivity contribution is 7.92. The highest BCUT2D eigenvalue weighted by Gasteiger charge is 2.20. The minimum absolute atomic E-state index is 0.0500. The topological polar surface area (TPSA) is 108 Å². The van der Waals surface area contributed by atoms with E-state index in [4.69, 9.17) is 0 Å². The van der Waals surface area contributed by atoms with Crippen LogP contribution in [0, 0.1) is 11.8 Å². The standard InChI is InChI=1S/C24H36N4O4S2/c1-19(20-9-5-4-6-10-20)17-25-18-21-11-7-8-12-24(21)27-33(29,30)23-15-13-22(14-16-23)26-34(31,32)28(2)3/h7-8,11-16,19-20,25-27H,4-6,9-10,17-18H2,1-3H3. The molecule has 0 aliphatic heterocycles. The number of hydrogen-bond acceptors (Lipinski definition) is 5. The fourth-order valence-corrected chi connectivity index (χ4v) is 5.94. The molecule has 0 bridgehead atoms. The predicted octanol–water partition coefficient (Wildman–Crippen LogP) is 4.01. The third-order valence-corrected chi connectivity index (χ3v) is 9.23. The van der Waals surface area contributed by atoms with E-state index < -0.39 is 20.2 Å². The van der Waals surface area contributed by atoms with Gasteiger partial charge in [-0.2, -0.15) is 12.7 Å². The van der Waals surface area contributed by atoms with E-state index in [2.05, 4.69) is 21.7 Å². The maximum atomic E-state index is 13.0. The molecule has 0 heterocycles. The van der Waals surface area contributed by atoms with Crippen LogP contribution in [0.1, 0.15) is 44.6 Å². The first-order chi connectivity index (χ1) is 16.1. The molecule has 1 unspecified atom stereocenters. The fourth-order valence-electron chi connectivity index (χ4n) is 4.22. The number of sulfonamides is 1. The molecule has 3 rings (SSSR count). The average Bonchev–Trinajstić information content (AvgIpc) is 2.80. The van der Waals surface area contributed by atoms with Crippen LogP contribution in [0.25, 0.3) is 0 Å². The number of benzene rings is 2. The van der Waals surface area contributed by atoms with E-state index in [0.29, 0.717) is 18.2 Å². The lowest BCUT2D eigenvalue weighted by Crippen LogP contribution is -2.28. The lowest BCUT2D eigenvalue weighted by Gasteiger charge is -2.28. The molecule has 1 aliphatic rings. The van der Waals surface area contributed by atoms with Crippen LogP contribution in [0.15, 0.2) is 53.4 Å². The van der Waals surface area contributed by atoms with Gasteiger partial charge in [0.15, 0.2) is 0 Å². The van der Waals surface area contributed by atoms with Crippen molar-refractivity contribution in [3.63, 3.8) is 0 Å². The molecule has 3 N–H and O–H groups in total. The Morgan fingerprint density at radius 1 is 0.912 bits per heavy atom. The van der Waals surface area contributed by atoms with Gasteiger partial charge in [0, 0.05) is 26.3 Å². The first-order valence-electron chi connectivity index (χ1n) is 11.7. The van der Waals surface area contributed by atoms with Crippen molar-refractivity contribution in [1.29, 1.82) is 0 Å². The average molecular weight is 509 g/mol. The molecule has 1 atom stereocenters. The zero-order valence-corrected chi connectivity index (χ0v) is 21.8. The van der Waals surface area contributed by atoms with Gasteiger partial charge < -0.3 is 5.32 Å². The lowest BCUT2D eigenvalue weighted by atomic mass is 9.81. The van der Waals surface area contributed by atoms with E-state index in [1.807, 2.05) is 12.1 Å². The zero-order valence-electron chi connectivity index (χ0n) is 20.1. The second-order valence-electron chi connectivity index (χ2n) is 9.18. The third-order valence-electron chi connectivity index (χ3n) is 6.39. The molecule has 0 saturated heterocycles. The van der Waals surface area contributed by atoms with Gasteiger partial charge >= 0.3 is 10.2 Å². The normalized spacial score (nSPS) is 16.4. The molecule has 0 aromatic heterocycles. The van der Waals surface area contributed by atoms with Crippen LogP contribution < -0.4 is 14.8 Å². The fraction of sp³-hybridized carbons (Fsp3) is 0.500. The van der Waals surface area contributed by atoms with Crippen LogP contribution in [-0.4, -0.2) is 41.8 Å². The van der Waals surface area contributed by atoms with Crippen molar-refractivity contribution < 1.29 is 16.8 Å². The minimum atomic E-state index is -3.84. The zero-order chi connectivity index (χ0) is 24.8. The van der Waals surface area contributed by atoms with E-state index in [-0.39, 0.29) is 10.6 Å². The van der Waals surface area contributed by atoms with E-state index >= 15 is 0 Å². The number of nitrogens with zero attached hydrogens (tertiary/aromatic N) is 1. The van der Waals surface area contributed by atoms with Crippen LogP contribution in [0.2, 0.25) is 0 Å². The Labute approximate surface area is 204 Å². The van der Waals surface area contributed by atoms with E-state index in [1.54, 1.807) is 12.1 Å². The molecule has 2 aromatic rings. The lowest BCUT2D eigenvalue weighted by molar-refractivity contribution is 0.256. The molecule has 10 heteroatoms. The van der Waals surface area contributed by atoms with Gasteiger partial charge in [0.2, 0.25) is 0 Å². The maximum Gasteiger partial charge on any atom is 0.301 e. The number of anilines is 2. The van der Waals surface area contributed by atoms with E-state index in [9.17, 15) is 16.8 Å². The summed E-state index contributed by atoms with van der Waals surface area (Å²) in [7, 11) is -4.68. The Kier molecular flexibility index (Phi) is 8.97. The molecule has 1 aliphatic carbocycles. The molecule has 0 spiro atoms. The molecule has 1 saturated carbocycles. The molecule has 188 valence electrons. The van der Waals surface area contributed by atoms with Crippen molar-refractivity contribution in [3.05, 3.63) is 54.1 Å². The van der Waals surface area contributed by atoms with Crippen LogP contribution in [0.4, 0.5) is 11.4 Å². The van der Waals surface area contributed by atoms with E-state index in [1.165, 1.54) is 70.5 Å². The van der Waals surface area contributed by atoms with Gasteiger partial charge in [0.1, 0.15) is 0 Å². The summed E-state index contributed by atoms with van der Waals surface area (Å²) in [5.41, 5.74) is 1.68. The molecule has 0 amide bonds. The van der Waals surface area contributed by atoms with Crippen LogP contribution >= 0.6 is 0 Å². The second kappa shape index (κ2) is 11.5. The van der Waals surface area contributed by atoms with Gasteiger partial charge in [0.25, 0.3) is 10.0 Å². The van der Waals surface area contributed by atoms with Crippen molar-refractivity contribution in [3.8, 4) is 0 Å². The summed E-state index contributed by atoms with van der Waals surface area (Å²) in [5.74, 6) is 1.35. The smallest absolute Gasteiger partial charge is 0.301 e. The summed E-state index contributed by atoms with van der Waals surface area (Å²) in [4.78, 5) is 0.0500. The van der Waals surface area contributed by atoms with Crippen LogP contribution in [-0.2, 0) is 26.8 Å². The molecular weight excluding hydrogens is 472 g/mol. The van der Waals surface area contributed by atoms with E-state index in [0.717, 1.165) is 22.3 Å². The highest BCUT2D eigenvalue weighted by Crippen LogP contribution is 2.29. The Morgan fingerprint density at radius 2 is 1.56 bits per heavy atom. The molecule has 2 aromatic carbocycles. The number of para-hydroxylation sites is 1. The van der Waals surface area contributed by atoms with Crippen molar-refractivity contribution in [2.24, 2.45) is 11.8 Å². The molecular formula is C24H36N4O4S2. The Bertz CT molecular complexity index is 1140. The molecule has 8 nitrogen and oxygen atoms in total. The van der Waals surface area contributed by atoms with Crippen molar-refractivity contribution in [2.45, 2.75) is 50.5 Å². The molecule has 0 radical (unpaired) electrons. The summed E-state index contributed by atoms with van der Waals surface area (Å²) in [6.45, 7) is 3.76. The Hall–Kier alpha value is -2.14. The summed E-state index contributed by atoms with van der Waals surface area (Å²) in [5, 5.41) is 3.50. The van der Waals surface area contributed by atoms with Crippen molar-refractivity contribution in [2.75, 3.05) is 30.1 Å². The van der Waals surface area contributed by atoms with Gasteiger partial charge in [0.05, 0.1) is 10.6 Å². The second-order valence-corrected chi connectivity index (χ2v) is 12.7. The van der Waals surface area contributed by atoms with Gasteiger partial charge in [-0.05, 0) is 54.3 Å². The monoisotopic (exact) mass is 508 g/mol. The predicted molar refractivity (Wildman–Crippen MR) is 137 cm³/mol. The number of hydrogen-bond donors (Lipinski definition) is 3. The summed E-state index contributed by atoms with van der Waals surface area (Å²) >= 11 is 0. The van der Waals surface area contributed by atoms with Crippen molar-refractivity contribution in [1.82, 2.24) is 9.62 Å². The largest absolute Gasteiger partial charge is 0.312 e. The summed E-state index contributed by atoms with van der Waals surface area (Å²) < 4.78 is 56.0. The van der Waals surface area contributed by atoms with Gasteiger partial charge in [-0.25, -0.2) is 8.42 Å². The SMILES string of the molecule is CC(CNCc1ccccc1NS(=O)(=O)c1ccc(NS(=O)(=O)N(C)C)cc1)C1CCCCC1. The molecule has 34 heavy (non-hydrogen) atoms. The highest BCUT2D eigenvalue weighted by atomic mass is 32.2. The van der Waals surface area contributed by atoms with Gasteiger partial charge in [-0.15, -0.1) is 0 Å².